The van der Waals surface area contributed by atoms with Crippen molar-refractivity contribution < 1.29 is 13.2 Å². The molecule has 0 N–H and O–H groups in total. The van der Waals surface area contributed by atoms with Crippen LogP contribution in [0.15, 0.2) is 18.2 Å². The Kier molecular flexibility index (Phi) is 3.54. The number of hydrogen-bond donors (Lipinski definition) is 0. The van der Waals surface area contributed by atoms with Crippen molar-refractivity contribution in [3.63, 3.8) is 0 Å². The third-order valence-electron chi connectivity index (χ3n) is 2.62. The number of nitrogens with zero attached hydrogens (tertiary/aromatic N) is 3. The van der Waals surface area contributed by atoms with Crippen molar-refractivity contribution in [3.8, 4) is 5.69 Å². The molecule has 0 amide bonds. The van der Waals surface area contributed by atoms with Gasteiger partial charge in [-0.2, -0.15) is 18.3 Å². The molecule has 0 spiro atoms. The lowest BCUT2D eigenvalue weighted by Gasteiger charge is -2.14. The summed E-state index contributed by atoms with van der Waals surface area (Å²) < 4.78 is 40.4. The van der Waals surface area contributed by atoms with Gasteiger partial charge in [-0.3, -0.25) is 0 Å². The topological polar surface area (TPSA) is 30.7 Å². The number of benzene rings is 1. The highest BCUT2D eigenvalue weighted by atomic mass is 35.5. The van der Waals surface area contributed by atoms with Crippen LogP contribution >= 0.6 is 11.6 Å². The zero-order chi connectivity index (χ0) is 14.2. The number of alkyl halides is 4. The monoisotopic (exact) mass is 289 g/mol. The Morgan fingerprint density at radius 2 is 1.95 bits per heavy atom. The summed E-state index contributed by atoms with van der Waals surface area (Å²) in [6.07, 6.45) is -4.47. The number of rotatable bonds is 2. The molecule has 0 aliphatic carbocycles. The van der Waals surface area contributed by atoms with Gasteiger partial charge in [-0.25, -0.2) is 9.67 Å². The zero-order valence-corrected chi connectivity index (χ0v) is 11.0. The summed E-state index contributed by atoms with van der Waals surface area (Å²) in [6, 6.07) is 3.95. The lowest BCUT2D eigenvalue weighted by Crippen LogP contribution is -2.13. The van der Waals surface area contributed by atoms with Crippen LogP contribution in [-0.4, -0.2) is 14.8 Å². The van der Waals surface area contributed by atoms with Crippen LogP contribution in [0.4, 0.5) is 13.2 Å². The lowest BCUT2D eigenvalue weighted by molar-refractivity contribution is -0.137. The third kappa shape index (κ3) is 2.73. The fourth-order valence-corrected chi connectivity index (χ4v) is 1.99. The normalized spacial score (nSPS) is 11.9. The van der Waals surface area contributed by atoms with E-state index in [0.29, 0.717) is 17.2 Å². The van der Waals surface area contributed by atoms with Gasteiger partial charge in [0.05, 0.1) is 11.3 Å². The molecule has 1 heterocycles. The van der Waals surface area contributed by atoms with Gasteiger partial charge in [-0.1, -0.05) is 6.07 Å². The van der Waals surface area contributed by atoms with Crippen molar-refractivity contribution >= 4 is 11.6 Å². The molecule has 2 aromatic rings. The molecule has 0 bridgehead atoms. The summed E-state index contributed by atoms with van der Waals surface area (Å²) in [7, 11) is 0. The Labute approximate surface area is 113 Å². The van der Waals surface area contributed by atoms with Crippen molar-refractivity contribution in [2.24, 2.45) is 0 Å². The van der Waals surface area contributed by atoms with Crippen LogP contribution < -0.4 is 0 Å². The second-order valence-electron chi connectivity index (χ2n) is 4.10. The first-order valence-electron chi connectivity index (χ1n) is 5.49. The van der Waals surface area contributed by atoms with Crippen molar-refractivity contribution in [2.45, 2.75) is 25.9 Å². The summed E-state index contributed by atoms with van der Waals surface area (Å²) in [6.45, 7) is 3.24. The Hall–Kier alpha value is -1.56. The lowest BCUT2D eigenvalue weighted by atomic mass is 10.1. The molecule has 0 aliphatic rings. The van der Waals surface area contributed by atoms with Crippen molar-refractivity contribution in [1.82, 2.24) is 14.8 Å². The predicted molar refractivity (Wildman–Crippen MR) is 65.4 cm³/mol. The molecule has 1 aromatic heterocycles. The van der Waals surface area contributed by atoms with Crippen LogP contribution in [0.1, 0.15) is 22.8 Å². The molecule has 0 saturated carbocycles. The molecule has 102 valence electrons. The molecule has 0 saturated heterocycles. The first-order chi connectivity index (χ1) is 8.82. The van der Waals surface area contributed by atoms with Gasteiger partial charge in [0.25, 0.3) is 0 Å². The van der Waals surface area contributed by atoms with E-state index in [1.807, 2.05) is 0 Å². The van der Waals surface area contributed by atoms with E-state index in [0.717, 1.165) is 6.07 Å². The van der Waals surface area contributed by atoms with Gasteiger partial charge in [0, 0.05) is 5.88 Å². The summed E-state index contributed by atoms with van der Waals surface area (Å²) in [5.74, 6) is 0.854. The molecular formula is C12H11ClF3N3. The molecule has 1 aromatic carbocycles. The van der Waals surface area contributed by atoms with Crippen molar-refractivity contribution in [3.05, 3.63) is 41.0 Å². The molecule has 2 rings (SSSR count). The highest BCUT2D eigenvalue weighted by molar-refractivity contribution is 6.17. The maximum absolute atomic E-state index is 13.1. The van der Waals surface area contributed by atoms with Gasteiger partial charge in [0.2, 0.25) is 0 Å². The van der Waals surface area contributed by atoms with E-state index in [1.54, 1.807) is 19.9 Å². The van der Waals surface area contributed by atoms with Crippen LogP contribution in [0.25, 0.3) is 5.69 Å². The Morgan fingerprint density at radius 1 is 1.26 bits per heavy atom. The molecule has 0 unspecified atom stereocenters. The van der Waals surface area contributed by atoms with Crippen molar-refractivity contribution in [1.29, 1.82) is 0 Å². The van der Waals surface area contributed by atoms with Gasteiger partial charge in [-0.05, 0) is 31.5 Å². The fraction of sp³-hybridized carbons (Fsp3) is 0.333. The number of aromatic nitrogens is 3. The smallest absolute Gasteiger partial charge is 0.217 e. The Bertz CT molecular complexity index is 605. The molecular weight excluding hydrogens is 279 g/mol. The van der Waals surface area contributed by atoms with Gasteiger partial charge in [0.15, 0.2) is 0 Å². The summed E-state index contributed by atoms with van der Waals surface area (Å²) >= 11 is 5.58. The molecule has 7 heteroatoms. The summed E-state index contributed by atoms with van der Waals surface area (Å²) in [5.41, 5.74) is -0.398. The maximum atomic E-state index is 13.1. The van der Waals surface area contributed by atoms with E-state index in [2.05, 4.69) is 10.1 Å². The van der Waals surface area contributed by atoms with Crippen LogP contribution in [0.5, 0.6) is 0 Å². The molecule has 0 radical (unpaired) electrons. The molecule has 3 nitrogen and oxygen atoms in total. The minimum absolute atomic E-state index is 0.0265. The van der Waals surface area contributed by atoms with E-state index >= 15 is 0 Å². The van der Waals surface area contributed by atoms with Gasteiger partial charge in [0.1, 0.15) is 11.6 Å². The van der Waals surface area contributed by atoms with E-state index in [9.17, 15) is 13.2 Å². The van der Waals surface area contributed by atoms with Crippen LogP contribution in [0.2, 0.25) is 0 Å². The fourth-order valence-electron chi connectivity index (χ4n) is 1.83. The van der Waals surface area contributed by atoms with Gasteiger partial charge in [-0.15, -0.1) is 11.6 Å². The first-order valence-corrected chi connectivity index (χ1v) is 6.03. The molecule has 0 fully saturated rings. The van der Waals surface area contributed by atoms with E-state index < -0.39 is 11.7 Å². The summed E-state index contributed by atoms with van der Waals surface area (Å²) in [4.78, 5) is 4.01. The van der Waals surface area contributed by atoms with Crippen molar-refractivity contribution in [2.75, 3.05) is 0 Å². The number of hydrogen-bond acceptors (Lipinski definition) is 2. The maximum Gasteiger partial charge on any atom is 0.418 e. The number of halogens is 4. The summed E-state index contributed by atoms with van der Waals surface area (Å²) in [5, 5.41) is 3.98. The average molecular weight is 290 g/mol. The largest absolute Gasteiger partial charge is 0.418 e. The standard InChI is InChI=1S/C12H11ClF3N3/c1-7-17-8(2)19(18-7)11-4-3-9(6-13)5-10(11)12(14,15)16/h3-5H,6H2,1-2H3. The van der Waals surface area contributed by atoms with Crippen LogP contribution in [0.3, 0.4) is 0 Å². The van der Waals surface area contributed by atoms with E-state index in [1.165, 1.54) is 10.7 Å². The molecule has 0 atom stereocenters. The second-order valence-corrected chi connectivity index (χ2v) is 4.37. The minimum Gasteiger partial charge on any atom is -0.217 e. The zero-order valence-electron chi connectivity index (χ0n) is 10.3. The highest BCUT2D eigenvalue weighted by Crippen LogP contribution is 2.34. The Morgan fingerprint density at radius 3 is 2.42 bits per heavy atom. The Balaban J connectivity index is 2.66. The third-order valence-corrected chi connectivity index (χ3v) is 2.93. The number of aryl methyl sites for hydroxylation is 2. The average Bonchev–Trinajstić information content (AvgIpc) is 2.66. The molecule has 19 heavy (non-hydrogen) atoms. The molecule has 0 aliphatic heterocycles. The van der Waals surface area contributed by atoms with Crippen LogP contribution in [0, 0.1) is 13.8 Å². The second kappa shape index (κ2) is 4.85. The quantitative estimate of drug-likeness (QED) is 0.790. The predicted octanol–water partition coefficient (Wildman–Crippen LogP) is 3.64. The van der Waals surface area contributed by atoms with Crippen LogP contribution in [-0.2, 0) is 12.1 Å². The van der Waals surface area contributed by atoms with Gasteiger partial charge < -0.3 is 0 Å². The van der Waals surface area contributed by atoms with E-state index in [4.69, 9.17) is 11.6 Å². The SMILES string of the molecule is Cc1nc(C)n(-c2ccc(CCl)cc2C(F)(F)F)n1. The highest BCUT2D eigenvalue weighted by Gasteiger charge is 2.34. The van der Waals surface area contributed by atoms with Gasteiger partial charge >= 0.3 is 6.18 Å². The van der Waals surface area contributed by atoms with E-state index in [-0.39, 0.29) is 11.6 Å². The first kappa shape index (κ1) is 13.9. The minimum atomic E-state index is -4.47.